The predicted molar refractivity (Wildman–Crippen MR) is 115 cm³/mol. The molecule has 2 N–H and O–H groups in total. The van der Waals surface area contributed by atoms with Gasteiger partial charge in [-0.3, -0.25) is 4.90 Å². The van der Waals surface area contributed by atoms with Gasteiger partial charge in [-0.2, -0.15) is 0 Å². The lowest BCUT2D eigenvalue weighted by Gasteiger charge is -2.36. The average Bonchev–Trinajstić information content (AvgIpc) is 3.16. The third kappa shape index (κ3) is 4.87. The Bertz CT molecular complexity index is 836. The molecule has 1 saturated heterocycles. The van der Waals surface area contributed by atoms with E-state index in [1.54, 1.807) is 0 Å². The van der Waals surface area contributed by atoms with Crippen molar-refractivity contribution in [2.45, 2.75) is 12.8 Å². The minimum atomic E-state index is 0.826. The van der Waals surface area contributed by atoms with Crippen LogP contribution in [0.4, 0.5) is 11.4 Å². The van der Waals surface area contributed by atoms with E-state index in [4.69, 9.17) is 5.73 Å². The molecule has 140 valence electrons. The summed E-state index contributed by atoms with van der Waals surface area (Å²) in [6, 6.07) is 18.8. The predicted octanol–water partition coefficient (Wildman–Crippen LogP) is 3.68. The van der Waals surface area contributed by atoms with Crippen LogP contribution in [-0.2, 0) is 12.8 Å². The number of benzene rings is 2. The van der Waals surface area contributed by atoms with E-state index in [-0.39, 0.29) is 0 Å². The van der Waals surface area contributed by atoms with Crippen LogP contribution in [0.2, 0.25) is 0 Å². The summed E-state index contributed by atoms with van der Waals surface area (Å²) in [6.07, 6.45) is 4.08. The van der Waals surface area contributed by atoms with Crippen LogP contribution >= 0.6 is 11.3 Å². The number of hydrogen-bond acceptors (Lipinski definition) is 5. The number of nitrogens with zero attached hydrogens (tertiary/aromatic N) is 3. The van der Waals surface area contributed by atoms with Gasteiger partial charge < -0.3 is 10.6 Å². The van der Waals surface area contributed by atoms with Crippen molar-refractivity contribution >= 4 is 22.7 Å². The molecule has 0 saturated carbocycles. The first-order chi connectivity index (χ1) is 13.3. The maximum atomic E-state index is 5.79. The van der Waals surface area contributed by atoms with Crippen molar-refractivity contribution in [1.82, 2.24) is 9.88 Å². The number of piperazine rings is 1. The van der Waals surface area contributed by atoms with Crippen molar-refractivity contribution in [1.29, 1.82) is 0 Å². The number of nitrogen functional groups attached to an aromatic ring is 1. The topological polar surface area (TPSA) is 45.4 Å². The second-order valence-electron chi connectivity index (χ2n) is 7.05. The molecule has 0 aliphatic carbocycles. The molecule has 0 spiro atoms. The molecule has 2 heterocycles. The molecule has 2 aromatic carbocycles. The zero-order valence-electron chi connectivity index (χ0n) is 15.6. The summed E-state index contributed by atoms with van der Waals surface area (Å²) in [7, 11) is 0. The van der Waals surface area contributed by atoms with Crippen molar-refractivity contribution in [2.75, 3.05) is 43.4 Å². The zero-order valence-corrected chi connectivity index (χ0v) is 16.4. The number of thiazole rings is 1. The monoisotopic (exact) mass is 378 g/mol. The molecule has 0 amide bonds. The molecule has 0 bridgehead atoms. The second kappa shape index (κ2) is 8.55. The molecule has 27 heavy (non-hydrogen) atoms. The van der Waals surface area contributed by atoms with Gasteiger partial charge in [0.25, 0.3) is 0 Å². The van der Waals surface area contributed by atoms with Gasteiger partial charge in [-0.25, -0.2) is 4.98 Å². The SMILES string of the molecule is Nc1ccc(N2CCN(CCc3ncc(Cc4ccccc4)s3)CC2)cc1. The highest BCUT2D eigenvalue weighted by atomic mass is 32.1. The summed E-state index contributed by atoms with van der Waals surface area (Å²) in [6.45, 7) is 5.44. The summed E-state index contributed by atoms with van der Waals surface area (Å²) in [5, 5.41) is 1.25. The number of anilines is 2. The molecule has 1 fully saturated rings. The smallest absolute Gasteiger partial charge is 0.0940 e. The number of rotatable bonds is 6. The Hall–Kier alpha value is -2.37. The molecule has 4 rings (SSSR count). The standard InChI is InChI=1S/C22H26N4S/c23-19-6-8-20(9-7-19)26-14-12-25(13-15-26)11-10-22-24-17-21(27-22)16-18-4-2-1-3-5-18/h1-9,17H,10-16,23H2. The highest BCUT2D eigenvalue weighted by Gasteiger charge is 2.17. The van der Waals surface area contributed by atoms with Crippen molar-refractivity contribution in [3.63, 3.8) is 0 Å². The quantitative estimate of drug-likeness (QED) is 0.665. The minimum absolute atomic E-state index is 0.826. The molecular weight excluding hydrogens is 352 g/mol. The molecule has 0 radical (unpaired) electrons. The molecule has 1 aromatic heterocycles. The lowest BCUT2D eigenvalue weighted by Crippen LogP contribution is -2.46. The Labute approximate surface area is 165 Å². The summed E-state index contributed by atoms with van der Waals surface area (Å²) in [5.74, 6) is 0. The van der Waals surface area contributed by atoms with Crippen LogP contribution < -0.4 is 10.6 Å². The van der Waals surface area contributed by atoms with E-state index in [1.165, 1.54) is 21.1 Å². The fourth-order valence-corrected chi connectivity index (χ4v) is 4.46. The molecule has 0 unspecified atom stereocenters. The summed E-state index contributed by atoms with van der Waals surface area (Å²) in [4.78, 5) is 11.0. The molecule has 3 aromatic rings. The fourth-order valence-electron chi connectivity index (χ4n) is 3.51. The Morgan fingerprint density at radius 2 is 1.67 bits per heavy atom. The Morgan fingerprint density at radius 1 is 0.926 bits per heavy atom. The fraction of sp³-hybridized carbons (Fsp3) is 0.318. The Morgan fingerprint density at radius 3 is 2.41 bits per heavy atom. The first-order valence-electron chi connectivity index (χ1n) is 9.56. The number of hydrogen-bond donors (Lipinski definition) is 1. The van der Waals surface area contributed by atoms with Crippen LogP contribution in [0, 0.1) is 0 Å². The number of aromatic nitrogens is 1. The van der Waals surface area contributed by atoms with E-state index in [0.717, 1.165) is 51.3 Å². The normalized spacial score (nSPS) is 15.2. The zero-order chi connectivity index (χ0) is 18.5. The summed E-state index contributed by atoms with van der Waals surface area (Å²) in [5.41, 5.74) is 9.24. The lowest BCUT2D eigenvalue weighted by molar-refractivity contribution is 0.261. The summed E-state index contributed by atoms with van der Waals surface area (Å²) < 4.78 is 0. The molecule has 1 aliphatic rings. The first-order valence-corrected chi connectivity index (χ1v) is 10.4. The molecule has 4 nitrogen and oxygen atoms in total. The van der Waals surface area contributed by atoms with Crippen LogP contribution in [0.3, 0.4) is 0 Å². The highest BCUT2D eigenvalue weighted by Crippen LogP contribution is 2.20. The van der Waals surface area contributed by atoms with E-state index in [9.17, 15) is 0 Å². The molecular formula is C22H26N4S. The third-order valence-electron chi connectivity index (χ3n) is 5.10. The average molecular weight is 379 g/mol. The van der Waals surface area contributed by atoms with Gasteiger partial charge in [-0.15, -0.1) is 11.3 Å². The van der Waals surface area contributed by atoms with Gasteiger partial charge >= 0.3 is 0 Å². The highest BCUT2D eigenvalue weighted by molar-refractivity contribution is 7.11. The van der Waals surface area contributed by atoms with E-state index < -0.39 is 0 Å². The van der Waals surface area contributed by atoms with E-state index >= 15 is 0 Å². The Balaban J connectivity index is 1.24. The largest absolute Gasteiger partial charge is 0.399 e. The van der Waals surface area contributed by atoms with Crippen molar-refractivity contribution in [3.05, 3.63) is 76.2 Å². The van der Waals surface area contributed by atoms with Crippen molar-refractivity contribution in [3.8, 4) is 0 Å². The van der Waals surface area contributed by atoms with Crippen LogP contribution in [0.1, 0.15) is 15.4 Å². The Kier molecular flexibility index (Phi) is 5.70. The molecule has 1 aliphatic heterocycles. The number of nitrogens with two attached hydrogens (primary N) is 1. The van der Waals surface area contributed by atoms with Crippen molar-refractivity contribution < 1.29 is 0 Å². The van der Waals surface area contributed by atoms with Crippen LogP contribution in [0.5, 0.6) is 0 Å². The van der Waals surface area contributed by atoms with Crippen molar-refractivity contribution in [2.24, 2.45) is 0 Å². The van der Waals surface area contributed by atoms with E-state index in [0.29, 0.717) is 0 Å². The van der Waals surface area contributed by atoms with Crippen LogP contribution in [0.15, 0.2) is 60.8 Å². The van der Waals surface area contributed by atoms with Gasteiger partial charge in [0.05, 0.1) is 5.01 Å². The van der Waals surface area contributed by atoms with E-state index in [2.05, 4.69) is 57.2 Å². The third-order valence-corrected chi connectivity index (χ3v) is 6.15. The maximum Gasteiger partial charge on any atom is 0.0940 e. The van der Waals surface area contributed by atoms with Crippen LogP contribution in [-0.4, -0.2) is 42.6 Å². The van der Waals surface area contributed by atoms with Gasteiger partial charge in [-0.05, 0) is 29.8 Å². The molecule has 0 atom stereocenters. The lowest BCUT2D eigenvalue weighted by atomic mass is 10.1. The minimum Gasteiger partial charge on any atom is -0.399 e. The van der Waals surface area contributed by atoms with Gasteiger partial charge in [0, 0.05) is 68.0 Å². The van der Waals surface area contributed by atoms with Gasteiger partial charge in [-0.1, -0.05) is 30.3 Å². The molecule has 5 heteroatoms. The van der Waals surface area contributed by atoms with Gasteiger partial charge in [0.1, 0.15) is 0 Å². The van der Waals surface area contributed by atoms with Crippen LogP contribution in [0.25, 0.3) is 0 Å². The van der Waals surface area contributed by atoms with E-state index in [1.807, 2.05) is 29.7 Å². The second-order valence-corrected chi connectivity index (χ2v) is 8.25. The first kappa shape index (κ1) is 18.0. The van der Waals surface area contributed by atoms with Gasteiger partial charge in [0.2, 0.25) is 0 Å². The summed E-state index contributed by atoms with van der Waals surface area (Å²) >= 11 is 1.86. The maximum absolute atomic E-state index is 5.79. The van der Waals surface area contributed by atoms with Gasteiger partial charge in [0.15, 0.2) is 0 Å².